The largest absolute Gasteiger partial charge is 0.377 e. The lowest BCUT2D eigenvalue weighted by Crippen LogP contribution is -2.33. The summed E-state index contributed by atoms with van der Waals surface area (Å²) in [6.07, 6.45) is 2.14. The van der Waals surface area contributed by atoms with Gasteiger partial charge in [-0.2, -0.15) is 0 Å². The van der Waals surface area contributed by atoms with Crippen molar-refractivity contribution in [3.05, 3.63) is 33.3 Å². The molecule has 2 rings (SSSR count). The Morgan fingerprint density at radius 2 is 2.19 bits per heavy atom. The molecule has 1 saturated carbocycles. The number of benzene rings is 1. The summed E-state index contributed by atoms with van der Waals surface area (Å²) in [6.45, 7) is 2.18. The summed E-state index contributed by atoms with van der Waals surface area (Å²) in [7, 11) is 0. The minimum atomic E-state index is -0.406. The van der Waals surface area contributed by atoms with E-state index in [-0.39, 0.29) is 5.69 Å². The molecule has 0 bridgehead atoms. The lowest BCUT2D eigenvalue weighted by atomic mass is 9.82. The van der Waals surface area contributed by atoms with Crippen LogP contribution < -0.4 is 5.32 Å². The molecule has 1 aliphatic carbocycles. The van der Waals surface area contributed by atoms with Crippen molar-refractivity contribution < 1.29 is 4.92 Å². The number of nitrogens with zero attached hydrogens (tertiary/aromatic N) is 1. The highest BCUT2D eigenvalue weighted by atomic mass is 35.5. The highest BCUT2D eigenvalue weighted by Crippen LogP contribution is 2.34. The van der Waals surface area contributed by atoms with E-state index in [1.54, 1.807) is 12.1 Å². The Balaban J connectivity index is 2.16. The van der Waals surface area contributed by atoms with Crippen LogP contribution in [0.15, 0.2) is 18.2 Å². The van der Waals surface area contributed by atoms with E-state index in [4.69, 9.17) is 11.6 Å². The van der Waals surface area contributed by atoms with E-state index < -0.39 is 4.92 Å². The lowest BCUT2D eigenvalue weighted by Gasteiger charge is -2.33. The summed E-state index contributed by atoms with van der Waals surface area (Å²) in [5.41, 5.74) is 0.610. The molecule has 0 heterocycles. The first-order chi connectivity index (χ1) is 7.56. The normalized spacial score (nSPS) is 23.6. The van der Waals surface area contributed by atoms with Crippen LogP contribution in [0, 0.1) is 16.0 Å². The minimum absolute atomic E-state index is 0.0482. The third-order valence-corrected chi connectivity index (χ3v) is 3.12. The first-order valence-corrected chi connectivity index (χ1v) is 5.64. The molecule has 0 saturated heterocycles. The molecule has 0 radical (unpaired) electrons. The molecule has 0 amide bonds. The third-order valence-electron chi connectivity index (χ3n) is 2.89. The third kappa shape index (κ3) is 2.27. The van der Waals surface area contributed by atoms with Crippen molar-refractivity contribution >= 4 is 23.0 Å². The average Bonchev–Trinajstić information content (AvgIpc) is 2.17. The molecule has 0 atom stereocenters. The SMILES string of the molecule is CC1CC(Nc2ccc(Cl)cc2[N+](=O)[O-])C1. The molecule has 86 valence electrons. The van der Waals surface area contributed by atoms with E-state index in [2.05, 4.69) is 12.2 Å². The zero-order valence-corrected chi connectivity index (χ0v) is 9.70. The van der Waals surface area contributed by atoms with Crippen molar-refractivity contribution in [2.75, 3.05) is 5.32 Å². The van der Waals surface area contributed by atoms with Crippen LogP contribution in [0.5, 0.6) is 0 Å². The maximum atomic E-state index is 10.8. The van der Waals surface area contributed by atoms with E-state index in [1.165, 1.54) is 6.07 Å². The zero-order chi connectivity index (χ0) is 11.7. The molecular formula is C11H13ClN2O2. The van der Waals surface area contributed by atoms with Gasteiger partial charge in [0.25, 0.3) is 5.69 Å². The smallest absolute Gasteiger partial charge is 0.293 e. The van der Waals surface area contributed by atoms with E-state index in [9.17, 15) is 10.1 Å². The van der Waals surface area contributed by atoms with Crippen molar-refractivity contribution in [1.29, 1.82) is 0 Å². The Labute approximate surface area is 98.8 Å². The Morgan fingerprint density at radius 3 is 2.75 bits per heavy atom. The Bertz CT molecular complexity index is 416. The van der Waals surface area contributed by atoms with Gasteiger partial charge in [0.1, 0.15) is 5.69 Å². The number of halogens is 1. The second kappa shape index (κ2) is 4.29. The maximum Gasteiger partial charge on any atom is 0.293 e. The van der Waals surface area contributed by atoms with Gasteiger partial charge in [0.15, 0.2) is 0 Å². The fraction of sp³-hybridized carbons (Fsp3) is 0.455. The summed E-state index contributed by atoms with van der Waals surface area (Å²) in [5, 5.41) is 14.4. The van der Waals surface area contributed by atoms with E-state index in [0.717, 1.165) is 12.8 Å². The quantitative estimate of drug-likeness (QED) is 0.650. The van der Waals surface area contributed by atoms with Crippen LogP contribution in [-0.2, 0) is 0 Å². The average molecular weight is 241 g/mol. The molecule has 0 aliphatic heterocycles. The van der Waals surface area contributed by atoms with Crippen LogP contribution in [0.1, 0.15) is 19.8 Å². The second-order valence-corrected chi connectivity index (χ2v) is 4.77. The van der Waals surface area contributed by atoms with Crippen LogP contribution in [0.3, 0.4) is 0 Å². The van der Waals surface area contributed by atoms with Crippen LogP contribution in [0.25, 0.3) is 0 Å². The van der Waals surface area contributed by atoms with Gasteiger partial charge in [0, 0.05) is 17.1 Å². The van der Waals surface area contributed by atoms with E-state index in [0.29, 0.717) is 22.7 Å². The predicted octanol–water partition coefficient (Wildman–Crippen LogP) is 3.46. The topological polar surface area (TPSA) is 55.2 Å². The van der Waals surface area contributed by atoms with Gasteiger partial charge in [-0.1, -0.05) is 18.5 Å². The van der Waals surface area contributed by atoms with Gasteiger partial charge in [-0.25, -0.2) is 0 Å². The van der Waals surface area contributed by atoms with Gasteiger partial charge >= 0.3 is 0 Å². The highest BCUT2D eigenvalue weighted by Gasteiger charge is 2.27. The fourth-order valence-electron chi connectivity index (χ4n) is 2.02. The number of hydrogen-bond acceptors (Lipinski definition) is 3. The molecule has 1 N–H and O–H groups in total. The van der Waals surface area contributed by atoms with Crippen molar-refractivity contribution in [3.63, 3.8) is 0 Å². The molecule has 0 aromatic heterocycles. The minimum Gasteiger partial charge on any atom is -0.377 e. The predicted molar refractivity (Wildman–Crippen MR) is 63.9 cm³/mol. The monoisotopic (exact) mass is 240 g/mol. The molecular weight excluding hydrogens is 228 g/mol. The number of nitro groups is 1. The molecule has 16 heavy (non-hydrogen) atoms. The van der Waals surface area contributed by atoms with E-state index >= 15 is 0 Å². The van der Waals surface area contributed by atoms with Crippen molar-refractivity contribution in [2.45, 2.75) is 25.8 Å². The van der Waals surface area contributed by atoms with Crippen LogP contribution in [0.2, 0.25) is 5.02 Å². The van der Waals surface area contributed by atoms with Crippen LogP contribution in [-0.4, -0.2) is 11.0 Å². The fourth-order valence-corrected chi connectivity index (χ4v) is 2.18. The maximum absolute atomic E-state index is 10.8. The van der Waals surface area contributed by atoms with Crippen LogP contribution in [0.4, 0.5) is 11.4 Å². The number of rotatable bonds is 3. The Hall–Kier alpha value is -1.29. The van der Waals surface area contributed by atoms with Gasteiger partial charge in [-0.3, -0.25) is 10.1 Å². The standard InChI is InChI=1S/C11H13ClN2O2/c1-7-4-9(5-7)13-10-3-2-8(12)6-11(10)14(15)16/h2-3,6-7,9,13H,4-5H2,1H3. The first-order valence-electron chi connectivity index (χ1n) is 5.26. The summed E-state index contributed by atoms with van der Waals surface area (Å²) in [6, 6.07) is 5.07. The highest BCUT2D eigenvalue weighted by molar-refractivity contribution is 6.30. The number of nitro benzene ring substituents is 1. The zero-order valence-electron chi connectivity index (χ0n) is 8.94. The van der Waals surface area contributed by atoms with Gasteiger partial charge in [0.2, 0.25) is 0 Å². The second-order valence-electron chi connectivity index (χ2n) is 4.34. The van der Waals surface area contributed by atoms with Gasteiger partial charge in [0.05, 0.1) is 4.92 Å². The Kier molecular flexibility index (Phi) is 3.01. The van der Waals surface area contributed by atoms with Crippen molar-refractivity contribution in [3.8, 4) is 0 Å². The van der Waals surface area contributed by atoms with Crippen molar-refractivity contribution in [2.24, 2.45) is 5.92 Å². The number of anilines is 1. The van der Waals surface area contributed by atoms with Gasteiger partial charge in [-0.05, 0) is 30.9 Å². The molecule has 0 unspecified atom stereocenters. The first kappa shape index (κ1) is 11.2. The van der Waals surface area contributed by atoms with Crippen LogP contribution >= 0.6 is 11.6 Å². The Morgan fingerprint density at radius 1 is 1.50 bits per heavy atom. The number of nitrogens with one attached hydrogen (secondary N) is 1. The van der Waals surface area contributed by atoms with Crippen molar-refractivity contribution in [1.82, 2.24) is 0 Å². The summed E-state index contributed by atoms with van der Waals surface area (Å²) < 4.78 is 0. The lowest BCUT2D eigenvalue weighted by molar-refractivity contribution is -0.384. The van der Waals surface area contributed by atoms with Gasteiger partial charge < -0.3 is 5.32 Å². The molecule has 1 aromatic rings. The summed E-state index contributed by atoms with van der Waals surface area (Å²) >= 11 is 5.74. The number of hydrogen-bond donors (Lipinski definition) is 1. The molecule has 1 fully saturated rings. The molecule has 1 aliphatic rings. The van der Waals surface area contributed by atoms with E-state index in [1.807, 2.05) is 0 Å². The molecule has 4 nitrogen and oxygen atoms in total. The molecule has 5 heteroatoms. The van der Waals surface area contributed by atoms with Gasteiger partial charge in [-0.15, -0.1) is 0 Å². The summed E-state index contributed by atoms with van der Waals surface area (Å²) in [5.74, 6) is 0.712. The molecule has 1 aromatic carbocycles. The summed E-state index contributed by atoms with van der Waals surface area (Å²) in [4.78, 5) is 10.4. The molecule has 0 spiro atoms.